The van der Waals surface area contributed by atoms with Crippen molar-refractivity contribution in [1.82, 2.24) is 4.98 Å². The topological polar surface area (TPSA) is 70.2 Å². The summed E-state index contributed by atoms with van der Waals surface area (Å²) in [5, 5.41) is 13.0. The Morgan fingerprint density at radius 1 is 1.29 bits per heavy atom. The highest BCUT2D eigenvalue weighted by atomic mass is 32.2. The van der Waals surface area contributed by atoms with Gasteiger partial charge in [-0.05, 0) is 24.3 Å². The summed E-state index contributed by atoms with van der Waals surface area (Å²) in [4.78, 5) is 19.7. The zero-order chi connectivity index (χ0) is 19.3. The first-order valence-corrected chi connectivity index (χ1v) is 11.1. The van der Waals surface area contributed by atoms with Gasteiger partial charge in [-0.2, -0.15) is 5.26 Å². The van der Waals surface area contributed by atoms with Crippen molar-refractivity contribution in [3.05, 3.63) is 53.5 Å². The van der Waals surface area contributed by atoms with E-state index in [4.69, 9.17) is 10.2 Å². The highest BCUT2D eigenvalue weighted by Gasteiger charge is 2.34. The molecule has 2 aromatic carbocycles. The Balaban J connectivity index is 1.45. The molecule has 0 spiro atoms. The number of nitrogens with zero attached hydrogens (tertiary/aromatic N) is 2. The summed E-state index contributed by atoms with van der Waals surface area (Å²) in [5.74, 6) is 0.372. The number of carbonyl (C=O) groups is 1. The second kappa shape index (κ2) is 8.74. The third kappa shape index (κ3) is 4.20. The molecular weight excluding hydrogens is 388 g/mol. The van der Waals surface area contributed by atoms with E-state index in [9.17, 15) is 4.79 Å². The molecule has 1 saturated heterocycles. The fraction of sp³-hybridized carbons (Fsp3) is 0.286. The number of benzene rings is 2. The molecule has 1 amide bonds. The van der Waals surface area contributed by atoms with Gasteiger partial charge in [-0.1, -0.05) is 24.3 Å². The lowest BCUT2D eigenvalue weighted by Gasteiger charge is -2.19. The number of hydrogen-bond acceptors (Lipinski definition) is 5. The van der Waals surface area contributed by atoms with Crippen molar-refractivity contribution in [3.63, 3.8) is 0 Å². The van der Waals surface area contributed by atoms with Gasteiger partial charge in [0, 0.05) is 17.7 Å². The number of nitriles is 1. The van der Waals surface area contributed by atoms with E-state index in [1.165, 1.54) is 21.4 Å². The van der Waals surface area contributed by atoms with Gasteiger partial charge in [-0.25, -0.2) is 4.98 Å². The predicted molar refractivity (Wildman–Crippen MR) is 114 cm³/mol. The average molecular weight is 410 g/mol. The molecule has 1 fully saturated rings. The number of aromatic nitrogens is 1. The number of quaternary nitrogens is 1. The summed E-state index contributed by atoms with van der Waals surface area (Å²) in [6.45, 7) is 1.41. The number of fused-ring (bicyclic) bond motifs is 1. The normalized spacial score (nSPS) is 18.8. The van der Waals surface area contributed by atoms with Crippen LogP contribution in [0.5, 0.6) is 0 Å². The summed E-state index contributed by atoms with van der Waals surface area (Å²) in [6, 6.07) is 18.3. The van der Waals surface area contributed by atoms with Crippen LogP contribution in [-0.4, -0.2) is 29.7 Å². The van der Waals surface area contributed by atoms with Gasteiger partial charge >= 0.3 is 0 Å². The molecule has 2 N–H and O–H groups in total. The van der Waals surface area contributed by atoms with Gasteiger partial charge in [0.05, 0.1) is 34.3 Å². The number of thioether (sulfide) groups is 1. The van der Waals surface area contributed by atoms with Crippen LogP contribution in [0.25, 0.3) is 10.2 Å². The van der Waals surface area contributed by atoms with Gasteiger partial charge in [0.15, 0.2) is 11.6 Å². The lowest BCUT2D eigenvalue weighted by atomic mass is 10.2. The van der Waals surface area contributed by atoms with Crippen LogP contribution in [0.2, 0.25) is 0 Å². The number of thiazole rings is 1. The van der Waals surface area contributed by atoms with Crippen LogP contribution in [0, 0.1) is 11.3 Å². The Morgan fingerprint density at radius 2 is 2.11 bits per heavy atom. The summed E-state index contributed by atoms with van der Waals surface area (Å²) in [6.07, 6.45) is 2.18. The van der Waals surface area contributed by atoms with Gasteiger partial charge in [0.25, 0.3) is 5.91 Å². The van der Waals surface area contributed by atoms with Crippen LogP contribution in [0.15, 0.2) is 53.4 Å². The fourth-order valence-corrected chi connectivity index (χ4v) is 5.50. The van der Waals surface area contributed by atoms with Gasteiger partial charge in [0.1, 0.15) is 6.04 Å². The standard InChI is InChI=1S/C21H20N4OS2/c22-11-13-27-18-9-3-1-6-15(18)23-20(26)14-25-12-5-8-17(25)21-24-16-7-2-4-10-19(16)28-21/h1-4,6-7,9-10,17H,5,8,12-14H2,(H,23,26)/p+1/t17-/m0/s1. The molecule has 1 aromatic heterocycles. The van der Waals surface area contributed by atoms with Crippen molar-refractivity contribution in [3.8, 4) is 6.07 Å². The first kappa shape index (κ1) is 18.9. The van der Waals surface area contributed by atoms with E-state index >= 15 is 0 Å². The molecule has 28 heavy (non-hydrogen) atoms. The quantitative estimate of drug-likeness (QED) is 0.613. The number of para-hydroxylation sites is 2. The zero-order valence-corrected chi connectivity index (χ0v) is 17.0. The third-order valence-corrected chi connectivity index (χ3v) is 7.02. The Labute approximate surface area is 172 Å². The van der Waals surface area contributed by atoms with Crippen molar-refractivity contribution in [1.29, 1.82) is 5.26 Å². The molecular formula is C21H21N4OS2+. The van der Waals surface area contributed by atoms with Gasteiger partial charge in [0.2, 0.25) is 0 Å². The first-order chi connectivity index (χ1) is 13.7. The van der Waals surface area contributed by atoms with Crippen molar-refractivity contribution in [2.45, 2.75) is 23.8 Å². The summed E-state index contributed by atoms with van der Waals surface area (Å²) in [5.41, 5.74) is 1.82. The van der Waals surface area contributed by atoms with E-state index in [0.29, 0.717) is 12.3 Å². The smallest absolute Gasteiger partial charge is 0.279 e. The molecule has 1 aliphatic heterocycles. The first-order valence-electron chi connectivity index (χ1n) is 9.33. The lowest BCUT2D eigenvalue weighted by molar-refractivity contribution is -0.910. The fourth-order valence-electron chi connectivity index (χ4n) is 3.67. The minimum absolute atomic E-state index is 0.00742. The molecule has 2 heterocycles. The second-order valence-electron chi connectivity index (χ2n) is 6.79. The number of rotatable bonds is 6. The molecule has 0 radical (unpaired) electrons. The number of carbonyl (C=O) groups excluding carboxylic acids is 1. The highest BCUT2D eigenvalue weighted by molar-refractivity contribution is 7.99. The van der Waals surface area contributed by atoms with Crippen molar-refractivity contribution < 1.29 is 9.69 Å². The molecule has 7 heteroatoms. The van der Waals surface area contributed by atoms with Crippen LogP contribution in [-0.2, 0) is 4.79 Å². The van der Waals surface area contributed by atoms with E-state index in [0.717, 1.165) is 40.5 Å². The summed E-state index contributed by atoms with van der Waals surface area (Å²) in [7, 11) is 0. The molecule has 142 valence electrons. The van der Waals surface area contributed by atoms with Crippen LogP contribution in [0.1, 0.15) is 23.9 Å². The minimum Gasteiger partial charge on any atom is -0.320 e. The molecule has 1 aliphatic rings. The van der Waals surface area contributed by atoms with Crippen molar-refractivity contribution >= 4 is 44.9 Å². The van der Waals surface area contributed by atoms with Gasteiger partial charge in [-0.3, -0.25) is 4.79 Å². The van der Waals surface area contributed by atoms with E-state index in [-0.39, 0.29) is 11.9 Å². The Kier molecular flexibility index (Phi) is 5.91. The maximum absolute atomic E-state index is 12.7. The van der Waals surface area contributed by atoms with Crippen LogP contribution in [0.4, 0.5) is 5.69 Å². The maximum Gasteiger partial charge on any atom is 0.279 e. The number of likely N-dealkylation sites (tertiary alicyclic amines) is 1. The summed E-state index contributed by atoms with van der Waals surface area (Å²) >= 11 is 3.18. The average Bonchev–Trinajstić information content (AvgIpc) is 3.33. The monoisotopic (exact) mass is 409 g/mol. The molecule has 0 aliphatic carbocycles. The van der Waals surface area contributed by atoms with Crippen molar-refractivity contribution in [2.24, 2.45) is 0 Å². The molecule has 3 aromatic rings. The zero-order valence-electron chi connectivity index (χ0n) is 15.4. The summed E-state index contributed by atoms with van der Waals surface area (Å²) < 4.78 is 1.21. The van der Waals surface area contributed by atoms with E-state index in [2.05, 4.69) is 17.5 Å². The SMILES string of the molecule is N#CCSc1ccccc1NC(=O)C[NH+]1CCC[C@H]1c1nc2ccccc2s1. The number of anilines is 1. The third-order valence-electron chi connectivity index (χ3n) is 4.93. The molecule has 2 atom stereocenters. The molecule has 5 nitrogen and oxygen atoms in total. The second-order valence-corrected chi connectivity index (χ2v) is 8.87. The maximum atomic E-state index is 12.7. The van der Waals surface area contributed by atoms with Crippen LogP contribution >= 0.6 is 23.1 Å². The molecule has 0 saturated carbocycles. The number of amides is 1. The number of hydrogen-bond donors (Lipinski definition) is 2. The minimum atomic E-state index is 0.00742. The molecule has 0 bridgehead atoms. The largest absolute Gasteiger partial charge is 0.320 e. The Morgan fingerprint density at radius 3 is 2.96 bits per heavy atom. The van der Waals surface area contributed by atoms with E-state index < -0.39 is 0 Å². The molecule has 1 unspecified atom stereocenters. The lowest BCUT2D eigenvalue weighted by Crippen LogP contribution is -3.11. The van der Waals surface area contributed by atoms with E-state index in [1.807, 2.05) is 42.5 Å². The van der Waals surface area contributed by atoms with Gasteiger partial charge < -0.3 is 10.2 Å². The van der Waals surface area contributed by atoms with E-state index in [1.54, 1.807) is 11.3 Å². The number of nitrogens with one attached hydrogen (secondary N) is 2. The van der Waals surface area contributed by atoms with Crippen LogP contribution in [0.3, 0.4) is 0 Å². The Hall–Kier alpha value is -2.40. The van der Waals surface area contributed by atoms with Gasteiger partial charge in [-0.15, -0.1) is 23.1 Å². The Bertz CT molecular complexity index is 993. The predicted octanol–water partition coefficient (Wildman–Crippen LogP) is 3.27. The van der Waals surface area contributed by atoms with Crippen LogP contribution < -0.4 is 10.2 Å². The van der Waals surface area contributed by atoms with Crippen molar-refractivity contribution in [2.75, 3.05) is 24.2 Å². The molecule has 4 rings (SSSR count). The highest BCUT2D eigenvalue weighted by Crippen LogP contribution is 2.29.